The highest BCUT2D eigenvalue weighted by Crippen LogP contribution is 2.18. The minimum atomic E-state index is 0.0284. The summed E-state index contributed by atoms with van der Waals surface area (Å²) in [5.41, 5.74) is 6.88. The summed E-state index contributed by atoms with van der Waals surface area (Å²) < 4.78 is 0. The third kappa shape index (κ3) is 3.42. The Labute approximate surface area is 89.0 Å². The van der Waals surface area contributed by atoms with E-state index in [9.17, 15) is 5.11 Å². The predicted molar refractivity (Wildman–Crippen MR) is 61.9 cm³/mol. The average Bonchev–Trinajstić information content (AvgIpc) is 2.17. The number of phenols is 1. The molecule has 4 N–H and O–H groups in total. The number of phenolic OH excluding ortho intramolecular Hbond substituents is 1. The van der Waals surface area contributed by atoms with E-state index in [1.165, 1.54) is 0 Å². The first-order chi connectivity index (χ1) is 7.13. The Morgan fingerprint density at radius 2 is 2.33 bits per heavy atom. The Balaban J connectivity index is 2.75. The number of nitrogens with two attached hydrogens (primary N) is 1. The van der Waals surface area contributed by atoms with Crippen molar-refractivity contribution in [3.8, 4) is 5.75 Å². The monoisotopic (exact) mass is 205 g/mol. The lowest BCUT2D eigenvalue weighted by molar-refractivity contribution is 0.469. The topological polar surface area (TPSA) is 82.5 Å². The fraction of sp³-hybridized carbons (Fsp3) is 0.273. The van der Waals surface area contributed by atoms with Crippen molar-refractivity contribution in [3.63, 3.8) is 0 Å². The van der Waals surface area contributed by atoms with Crippen LogP contribution in [0.2, 0.25) is 0 Å². The first-order valence-electron chi connectivity index (χ1n) is 4.78. The highest BCUT2D eigenvalue weighted by Gasteiger charge is 1.98. The zero-order valence-corrected chi connectivity index (χ0v) is 8.70. The van der Waals surface area contributed by atoms with E-state index >= 15 is 0 Å². The highest BCUT2D eigenvalue weighted by atomic mass is 16.3. The standard InChI is InChI=1S/C11H15N3O/c1-2-9-4-3-8(5-10(9)15)6-14-7-11(12)13/h3-6,15H,2,7H2,1H3,(H3,12,13). The molecule has 0 heterocycles. The molecule has 0 atom stereocenters. The third-order valence-electron chi connectivity index (χ3n) is 1.99. The van der Waals surface area contributed by atoms with Gasteiger partial charge in [0.2, 0.25) is 0 Å². The van der Waals surface area contributed by atoms with Crippen LogP contribution in [0.25, 0.3) is 0 Å². The fourth-order valence-corrected chi connectivity index (χ4v) is 1.21. The van der Waals surface area contributed by atoms with Crippen molar-refractivity contribution >= 4 is 12.1 Å². The molecule has 0 aliphatic carbocycles. The molecule has 4 nitrogen and oxygen atoms in total. The first kappa shape index (κ1) is 11.2. The molecular formula is C11H15N3O. The molecule has 0 saturated carbocycles. The van der Waals surface area contributed by atoms with E-state index in [2.05, 4.69) is 4.99 Å². The second-order valence-electron chi connectivity index (χ2n) is 3.24. The van der Waals surface area contributed by atoms with Crippen LogP contribution in [-0.4, -0.2) is 23.7 Å². The summed E-state index contributed by atoms with van der Waals surface area (Å²) >= 11 is 0. The third-order valence-corrected chi connectivity index (χ3v) is 1.99. The van der Waals surface area contributed by atoms with Gasteiger partial charge in [0.1, 0.15) is 11.6 Å². The van der Waals surface area contributed by atoms with Gasteiger partial charge >= 0.3 is 0 Å². The van der Waals surface area contributed by atoms with Gasteiger partial charge in [0.25, 0.3) is 0 Å². The van der Waals surface area contributed by atoms with Gasteiger partial charge in [-0.05, 0) is 23.6 Å². The van der Waals surface area contributed by atoms with Crippen LogP contribution in [0.15, 0.2) is 23.2 Å². The van der Waals surface area contributed by atoms with Crippen molar-refractivity contribution in [2.24, 2.45) is 10.7 Å². The maximum absolute atomic E-state index is 9.57. The number of aryl methyl sites for hydroxylation is 1. The maximum atomic E-state index is 9.57. The van der Waals surface area contributed by atoms with Crippen LogP contribution in [0.3, 0.4) is 0 Å². The first-order valence-corrected chi connectivity index (χ1v) is 4.78. The van der Waals surface area contributed by atoms with Crippen LogP contribution in [0.5, 0.6) is 5.75 Å². The van der Waals surface area contributed by atoms with E-state index in [0.717, 1.165) is 17.5 Å². The average molecular weight is 205 g/mol. The normalized spacial score (nSPS) is 10.7. The number of hydrogen-bond acceptors (Lipinski definition) is 3. The molecule has 0 aromatic heterocycles. The van der Waals surface area contributed by atoms with Crippen LogP contribution >= 0.6 is 0 Å². The summed E-state index contributed by atoms with van der Waals surface area (Å²) in [4.78, 5) is 3.95. The molecule has 0 bridgehead atoms. The Morgan fingerprint density at radius 3 is 2.87 bits per heavy atom. The van der Waals surface area contributed by atoms with Gasteiger partial charge in [0, 0.05) is 6.21 Å². The van der Waals surface area contributed by atoms with Gasteiger partial charge in [-0.25, -0.2) is 0 Å². The van der Waals surface area contributed by atoms with Crippen molar-refractivity contribution in [3.05, 3.63) is 29.3 Å². The molecule has 0 amide bonds. The number of hydrogen-bond donors (Lipinski definition) is 3. The number of aromatic hydroxyl groups is 1. The maximum Gasteiger partial charge on any atom is 0.119 e. The summed E-state index contributed by atoms with van der Waals surface area (Å²) in [6.07, 6.45) is 2.40. The summed E-state index contributed by atoms with van der Waals surface area (Å²) in [5, 5.41) is 16.6. The van der Waals surface area contributed by atoms with Crippen molar-refractivity contribution in [1.82, 2.24) is 0 Å². The number of aliphatic imine (C=N–C) groups is 1. The zero-order chi connectivity index (χ0) is 11.3. The lowest BCUT2D eigenvalue weighted by Crippen LogP contribution is -2.12. The Hall–Kier alpha value is -1.84. The molecule has 0 saturated heterocycles. The Bertz CT molecular complexity index is 385. The molecule has 0 aliphatic heterocycles. The van der Waals surface area contributed by atoms with Crippen molar-refractivity contribution in [1.29, 1.82) is 5.41 Å². The highest BCUT2D eigenvalue weighted by molar-refractivity contribution is 5.85. The lowest BCUT2D eigenvalue weighted by atomic mass is 10.1. The zero-order valence-electron chi connectivity index (χ0n) is 8.70. The van der Waals surface area contributed by atoms with E-state index in [-0.39, 0.29) is 18.1 Å². The molecule has 4 heteroatoms. The minimum Gasteiger partial charge on any atom is -0.508 e. The number of nitrogens with one attached hydrogen (secondary N) is 1. The molecule has 1 aromatic rings. The molecule has 15 heavy (non-hydrogen) atoms. The number of amidine groups is 1. The van der Waals surface area contributed by atoms with Crippen LogP contribution in [0, 0.1) is 5.41 Å². The molecule has 1 aromatic carbocycles. The van der Waals surface area contributed by atoms with Gasteiger partial charge < -0.3 is 10.8 Å². The molecular weight excluding hydrogens is 190 g/mol. The van der Waals surface area contributed by atoms with Gasteiger partial charge in [-0.3, -0.25) is 10.4 Å². The van der Waals surface area contributed by atoms with Gasteiger partial charge in [-0.2, -0.15) is 0 Å². The van der Waals surface area contributed by atoms with Crippen LogP contribution in [0.1, 0.15) is 18.1 Å². The lowest BCUT2D eigenvalue weighted by Gasteiger charge is -2.01. The second kappa shape index (κ2) is 5.14. The molecule has 0 fully saturated rings. The molecule has 1 rings (SSSR count). The molecule has 80 valence electrons. The van der Waals surface area contributed by atoms with Crippen LogP contribution in [0.4, 0.5) is 0 Å². The summed E-state index contributed by atoms with van der Waals surface area (Å²) in [6, 6.07) is 5.40. The quantitative estimate of drug-likeness (QED) is 0.511. The number of rotatable bonds is 4. The van der Waals surface area contributed by atoms with Gasteiger partial charge in [0.05, 0.1) is 6.54 Å². The molecule has 0 aliphatic rings. The van der Waals surface area contributed by atoms with Crippen molar-refractivity contribution < 1.29 is 5.11 Å². The number of benzene rings is 1. The minimum absolute atomic E-state index is 0.0284. The Kier molecular flexibility index (Phi) is 3.85. The van der Waals surface area contributed by atoms with E-state index in [4.69, 9.17) is 11.1 Å². The van der Waals surface area contributed by atoms with E-state index in [1.807, 2.05) is 19.1 Å². The summed E-state index contributed by atoms with van der Waals surface area (Å²) in [7, 11) is 0. The molecule has 0 unspecified atom stereocenters. The second-order valence-corrected chi connectivity index (χ2v) is 3.24. The molecule has 0 spiro atoms. The molecule has 0 radical (unpaired) electrons. The fourth-order valence-electron chi connectivity index (χ4n) is 1.21. The number of nitrogens with zero attached hydrogens (tertiary/aromatic N) is 1. The van der Waals surface area contributed by atoms with E-state index < -0.39 is 0 Å². The predicted octanol–water partition coefficient (Wildman–Crippen LogP) is 1.31. The van der Waals surface area contributed by atoms with Crippen molar-refractivity contribution in [2.45, 2.75) is 13.3 Å². The van der Waals surface area contributed by atoms with Gasteiger partial charge in [-0.15, -0.1) is 0 Å². The summed E-state index contributed by atoms with van der Waals surface area (Å²) in [5.74, 6) is 0.310. The van der Waals surface area contributed by atoms with Gasteiger partial charge in [0.15, 0.2) is 0 Å². The van der Waals surface area contributed by atoms with Gasteiger partial charge in [-0.1, -0.05) is 19.1 Å². The largest absolute Gasteiger partial charge is 0.508 e. The summed E-state index contributed by atoms with van der Waals surface area (Å²) in [6.45, 7) is 2.18. The van der Waals surface area contributed by atoms with Crippen LogP contribution in [-0.2, 0) is 6.42 Å². The van der Waals surface area contributed by atoms with E-state index in [1.54, 1.807) is 12.3 Å². The van der Waals surface area contributed by atoms with E-state index in [0.29, 0.717) is 0 Å². The van der Waals surface area contributed by atoms with Crippen molar-refractivity contribution in [2.75, 3.05) is 6.54 Å². The SMILES string of the molecule is CCc1ccc(C=NCC(=N)N)cc1O. The smallest absolute Gasteiger partial charge is 0.119 e. The van der Waals surface area contributed by atoms with Crippen LogP contribution < -0.4 is 5.73 Å². The Morgan fingerprint density at radius 1 is 1.60 bits per heavy atom.